The van der Waals surface area contributed by atoms with Gasteiger partial charge in [0.1, 0.15) is 5.76 Å². The summed E-state index contributed by atoms with van der Waals surface area (Å²) in [5, 5.41) is 2.96. The Morgan fingerprint density at radius 2 is 1.96 bits per heavy atom. The van der Waals surface area contributed by atoms with Gasteiger partial charge in [-0.05, 0) is 48.7 Å². The Hall–Kier alpha value is -2.32. The average molecular weight is 406 g/mol. The largest absolute Gasteiger partial charge is 0.468 e. The fourth-order valence-corrected chi connectivity index (χ4v) is 3.93. The Labute approximate surface area is 166 Å². The summed E-state index contributed by atoms with van der Waals surface area (Å²) in [6, 6.07) is 9.09. The standard InChI is InChI=1S/C20H27N3O4S/c1-22(2)19-10-9-17(21-20(24)15-6-4-7-15)12-16(19)13-23(28(3,25)26)14-18-8-5-11-27-18/h5,8-12,15H,4,6-7,13-14H2,1-3H3,(H,21,24). The van der Waals surface area contributed by atoms with E-state index >= 15 is 0 Å². The number of hydrogen-bond acceptors (Lipinski definition) is 5. The highest BCUT2D eigenvalue weighted by molar-refractivity contribution is 7.88. The molecule has 1 fully saturated rings. The van der Waals surface area contributed by atoms with E-state index in [9.17, 15) is 13.2 Å². The van der Waals surface area contributed by atoms with Gasteiger partial charge < -0.3 is 14.6 Å². The lowest BCUT2D eigenvalue weighted by molar-refractivity contribution is -0.122. The van der Waals surface area contributed by atoms with Crippen LogP contribution in [0.25, 0.3) is 0 Å². The highest BCUT2D eigenvalue weighted by Crippen LogP contribution is 2.30. The van der Waals surface area contributed by atoms with Crippen molar-refractivity contribution in [3.63, 3.8) is 0 Å². The van der Waals surface area contributed by atoms with Crippen molar-refractivity contribution < 1.29 is 17.6 Å². The van der Waals surface area contributed by atoms with Gasteiger partial charge in [0.15, 0.2) is 0 Å². The number of amides is 1. The number of carbonyl (C=O) groups excluding carboxylic acids is 1. The van der Waals surface area contributed by atoms with Crippen LogP contribution >= 0.6 is 0 Å². The fraction of sp³-hybridized carbons (Fsp3) is 0.450. The molecule has 1 N–H and O–H groups in total. The molecule has 7 nitrogen and oxygen atoms in total. The van der Waals surface area contributed by atoms with Crippen molar-refractivity contribution in [2.75, 3.05) is 30.6 Å². The first-order chi connectivity index (χ1) is 13.2. The van der Waals surface area contributed by atoms with Gasteiger partial charge in [0.05, 0.1) is 19.1 Å². The Kier molecular flexibility index (Phi) is 6.10. The minimum atomic E-state index is -3.46. The maximum absolute atomic E-state index is 12.3. The molecule has 1 aliphatic rings. The van der Waals surface area contributed by atoms with Crippen LogP contribution in [0.5, 0.6) is 0 Å². The van der Waals surface area contributed by atoms with E-state index in [0.29, 0.717) is 11.4 Å². The van der Waals surface area contributed by atoms with Crippen molar-refractivity contribution >= 4 is 27.3 Å². The maximum Gasteiger partial charge on any atom is 0.227 e. The van der Waals surface area contributed by atoms with E-state index in [0.717, 1.165) is 30.5 Å². The number of nitrogens with one attached hydrogen (secondary N) is 1. The molecule has 8 heteroatoms. The third kappa shape index (κ3) is 4.94. The topological polar surface area (TPSA) is 82.9 Å². The van der Waals surface area contributed by atoms with Crippen LogP contribution in [0.2, 0.25) is 0 Å². The first-order valence-corrected chi connectivity index (χ1v) is 11.2. The molecular formula is C20H27N3O4S. The number of rotatable bonds is 8. The van der Waals surface area contributed by atoms with Crippen LogP contribution in [0, 0.1) is 5.92 Å². The molecule has 0 unspecified atom stereocenters. The average Bonchev–Trinajstić information content (AvgIpc) is 3.04. The van der Waals surface area contributed by atoms with Crippen LogP contribution in [-0.2, 0) is 27.9 Å². The van der Waals surface area contributed by atoms with Crippen molar-refractivity contribution in [2.45, 2.75) is 32.4 Å². The van der Waals surface area contributed by atoms with Crippen molar-refractivity contribution in [1.29, 1.82) is 0 Å². The number of hydrogen-bond donors (Lipinski definition) is 1. The van der Waals surface area contributed by atoms with Gasteiger partial charge >= 0.3 is 0 Å². The summed E-state index contributed by atoms with van der Waals surface area (Å²) in [6.07, 6.45) is 5.67. The molecule has 3 rings (SSSR count). The molecule has 2 aromatic rings. The lowest BCUT2D eigenvalue weighted by Gasteiger charge is -2.26. The molecule has 1 aliphatic carbocycles. The normalized spacial score (nSPS) is 14.7. The second-order valence-electron chi connectivity index (χ2n) is 7.47. The van der Waals surface area contributed by atoms with E-state index in [1.165, 1.54) is 16.8 Å². The van der Waals surface area contributed by atoms with Gasteiger partial charge in [-0.2, -0.15) is 4.31 Å². The number of anilines is 2. The van der Waals surface area contributed by atoms with Crippen LogP contribution in [-0.4, -0.2) is 39.0 Å². The smallest absolute Gasteiger partial charge is 0.227 e. The Balaban J connectivity index is 1.85. The second kappa shape index (κ2) is 8.36. The number of sulfonamides is 1. The van der Waals surface area contributed by atoms with Gasteiger partial charge in [-0.15, -0.1) is 0 Å². The van der Waals surface area contributed by atoms with E-state index < -0.39 is 10.0 Å². The Morgan fingerprint density at radius 3 is 2.50 bits per heavy atom. The quantitative estimate of drug-likeness (QED) is 0.730. The van der Waals surface area contributed by atoms with E-state index in [-0.39, 0.29) is 24.9 Å². The lowest BCUT2D eigenvalue weighted by Crippen LogP contribution is -2.30. The van der Waals surface area contributed by atoms with Gasteiger partial charge in [0.25, 0.3) is 0 Å². The molecule has 28 heavy (non-hydrogen) atoms. The molecule has 1 aromatic heterocycles. The molecule has 1 heterocycles. The predicted octanol–water partition coefficient (Wildman–Crippen LogP) is 3.05. The minimum Gasteiger partial charge on any atom is -0.468 e. The molecule has 1 amide bonds. The van der Waals surface area contributed by atoms with Gasteiger partial charge in [-0.3, -0.25) is 4.79 Å². The van der Waals surface area contributed by atoms with Gasteiger partial charge in [0, 0.05) is 37.9 Å². The Morgan fingerprint density at radius 1 is 1.21 bits per heavy atom. The highest BCUT2D eigenvalue weighted by atomic mass is 32.2. The molecule has 152 valence electrons. The van der Waals surface area contributed by atoms with Crippen molar-refractivity contribution in [3.8, 4) is 0 Å². The van der Waals surface area contributed by atoms with E-state index in [2.05, 4.69) is 5.32 Å². The first-order valence-electron chi connectivity index (χ1n) is 9.32. The predicted molar refractivity (Wildman–Crippen MR) is 110 cm³/mol. The molecule has 0 atom stereocenters. The zero-order chi connectivity index (χ0) is 20.3. The van der Waals surface area contributed by atoms with Gasteiger partial charge in [0.2, 0.25) is 15.9 Å². The molecule has 0 saturated heterocycles. The molecule has 1 saturated carbocycles. The number of benzene rings is 1. The molecular weight excluding hydrogens is 378 g/mol. The molecule has 0 bridgehead atoms. The van der Waals surface area contributed by atoms with Crippen molar-refractivity contribution in [3.05, 3.63) is 47.9 Å². The second-order valence-corrected chi connectivity index (χ2v) is 9.45. The summed E-state index contributed by atoms with van der Waals surface area (Å²) in [4.78, 5) is 14.2. The van der Waals surface area contributed by atoms with E-state index in [1.807, 2.05) is 37.2 Å². The Bertz CT molecular complexity index is 919. The summed E-state index contributed by atoms with van der Waals surface area (Å²) in [5.41, 5.74) is 2.40. The summed E-state index contributed by atoms with van der Waals surface area (Å²) in [5.74, 6) is 0.695. The SMILES string of the molecule is CN(C)c1ccc(NC(=O)C2CCC2)cc1CN(Cc1ccco1)S(C)(=O)=O. The summed E-state index contributed by atoms with van der Waals surface area (Å²) in [6.45, 7) is 0.331. The van der Waals surface area contributed by atoms with Crippen LogP contribution in [0.3, 0.4) is 0 Å². The maximum atomic E-state index is 12.3. The minimum absolute atomic E-state index is 0.0327. The van der Waals surface area contributed by atoms with Crippen molar-refractivity contribution in [1.82, 2.24) is 4.31 Å². The monoisotopic (exact) mass is 405 g/mol. The first kappa shape index (κ1) is 20.4. The molecule has 0 aliphatic heterocycles. The van der Waals surface area contributed by atoms with E-state index in [1.54, 1.807) is 12.1 Å². The molecule has 0 spiro atoms. The zero-order valence-electron chi connectivity index (χ0n) is 16.5. The third-order valence-electron chi connectivity index (χ3n) is 5.03. The molecule has 1 aromatic carbocycles. The fourth-order valence-electron chi connectivity index (χ4n) is 3.20. The highest BCUT2D eigenvalue weighted by Gasteiger charge is 2.26. The third-order valence-corrected chi connectivity index (χ3v) is 6.23. The van der Waals surface area contributed by atoms with Crippen LogP contribution in [0.1, 0.15) is 30.6 Å². The van der Waals surface area contributed by atoms with Gasteiger partial charge in [-0.1, -0.05) is 6.42 Å². The number of furan rings is 1. The van der Waals surface area contributed by atoms with Gasteiger partial charge in [-0.25, -0.2) is 8.42 Å². The summed E-state index contributed by atoms with van der Waals surface area (Å²) in [7, 11) is 0.353. The van der Waals surface area contributed by atoms with Crippen LogP contribution < -0.4 is 10.2 Å². The lowest BCUT2D eigenvalue weighted by atomic mass is 9.85. The summed E-state index contributed by atoms with van der Waals surface area (Å²) < 4.78 is 31.4. The van der Waals surface area contributed by atoms with Crippen LogP contribution in [0.4, 0.5) is 11.4 Å². The zero-order valence-corrected chi connectivity index (χ0v) is 17.3. The number of nitrogens with zero attached hydrogens (tertiary/aromatic N) is 2. The van der Waals surface area contributed by atoms with Crippen LogP contribution in [0.15, 0.2) is 41.0 Å². The summed E-state index contributed by atoms with van der Waals surface area (Å²) >= 11 is 0. The van der Waals surface area contributed by atoms with E-state index in [4.69, 9.17) is 4.42 Å². The molecule has 0 radical (unpaired) electrons. The van der Waals surface area contributed by atoms with Crippen molar-refractivity contribution in [2.24, 2.45) is 5.92 Å². The number of carbonyl (C=O) groups is 1.